The van der Waals surface area contributed by atoms with Crippen molar-refractivity contribution in [1.82, 2.24) is 34.9 Å². The lowest BCUT2D eigenvalue weighted by atomic mass is 9.91. The number of amides is 5. The number of imidazole rings is 1. The summed E-state index contributed by atoms with van der Waals surface area (Å²) in [5.74, 6) is -0.613. The first-order valence-electron chi connectivity index (χ1n) is 20.4. The summed E-state index contributed by atoms with van der Waals surface area (Å²) in [6, 6.07) is 18.3. The van der Waals surface area contributed by atoms with Crippen molar-refractivity contribution in [2.45, 2.75) is 83.5 Å². The number of aromatic amines is 1. The van der Waals surface area contributed by atoms with E-state index in [1.165, 1.54) is 12.8 Å². The molecule has 1 unspecified atom stereocenters. The van der Waals surface area contributed by atoms with Gasteiger partial charge in [-0.2, -0.15) is 5.10 Å². The molecule has 5 amide bonds. The predicted molar refractivity (Wildman–Crippen MR) is 218 cm³/mol. The maximum atomic E-state index is 13.3. The summed E-state index contributed by atoms with van der Waals surface area (Å²) in [5, 5.41) is 9.88. The van der Waals surface area contributed by atoms with E-state index in [1.54, 1.807) is 12.1 Å². The molecule has 0 aliphatic carbocycles. The summed E-state index contributed by atoms with van der Waals surface area (Å²) >= 11 is 0. The molecule has 6 heterocycles. The molecule has 298 valence electrons. The van der Waals surface area contributed by atoms with Crippen LogP contribution in [0, 0.1) is 5.92 Å². The number of likely N-dealkylation sites (tertiary alicyclic amines) is 1. The van der Waals surface area contributed by atoms with Crippen LogP contribution in [-0.4, -0.2) is 90.8 Å². The second kappa shape index (κ2) is 15.7. The van der Waals surface area contributed by atoms with Crippen LogP contribution in [0.15, 0.2) is 73.1 Å². The number of nitrogens with one attached hydrogen (secondary N) is 3. The van der Waals surface area contributed by atoms with Gasteiger partial charge in [0.25, 0.3) is 17.7 Å². The molecule has 0 saturated carbocycles. The van der Waals surface area contributed by atoms with Gasteiger partial charge in [-0.15, -0.1) is 0 Å². The van der Waals surface area contributed by atoms with E-state index in [0.717, 1.165) is 103 Å². The maximum Gasteiger partial charge on any atom is 0.262 e. The lowest BCUT2D eigenvalue weighted by Gasteiger charge is -2.34. The summed E-state index contributed by atoms with van der Waals surface area (Å²) in [4.78, 5) is 77.5. The van der Waals surface area contributed by atoms with Gasteiger partial charge in [0.1, 0.15) is 11.9 Å². The number of benzene rings is 3. The molecule has 9 rings (SSSR count). The standard InChI is InChI=1S/C44H47N9O5/c1-27-4-2-18-51(27)26-39-47-36-13-10-32(22-37(36)48-39)46-41(55)30-8-6-29(7-9-30)31-24-45-52(25-31)19-3-5-28-16-20-50(21-17-28)33-11-12-34-35(23-33)44(58)53(43(34)57)38-14-15-40(54)49-42(38)56/h6-13,22-25,27-28,38H,2-5,14-21,26H2,1H3,(H,46,55)(H,47,48)(H,49,54,56)/t27-,38?/m0/s1. The molecule has 3 fully saturated rings. The molecule has 14 heteroatoms. The lowest BCUT2D eigenvalue weighted by Crippen LogP contribution is -2.54. The monoisotopic (exact) mass is 781 g/mol. The SMILES string of the molecule is C[C@H]1CCCN1Cc1nc2ccc(NC(=O)c3ccc(-c4cnn(CCCC5CCN(c6ccc7c(c6)C(=O)N(C6CCC(=O)NC6=O)C7=O)CC5)c4)cc3)cc2[nH]1. The number of aryl methyl sites for hydroxylation is 1. The fourth-order valence-corrected chi connectivity index (χ4v) is 8.96. The van der Waals surface area contributed by atoms with Crippen LogP contribution in [0.3, 0.4) is 0 Å². The molecule has 3 aromatic carbocycles. The van der Waals surface area contributed by atoms with Crippen LogP contribution in [0.4, 0.5) is 11.4 Å². The summed E-state index contributed by atoms with van der Waals surface area (Å²) in [7, 11) is 0. The first-order chi connectivity index (χ1) is 28.2. The van der Waals surface area contributed by atoms with Crippen molar-refractivity contribution in [2.75, 3.05) is 29.9 Å². The van der Waals surface area contributed by atoms with Crippen molar-refractivity contribution < 1.29 is 24.0 Å². The fraction of sp³-hybridized carbons (Fsp3) is 0.386. The molecular formula is C44H47N9O5. The number of hydrogen-bond donors (Lipinski definition) is 3. The molecule has 5 aromatic rings. The molecule has 2 aromatic heterocycles. The van der Waals surface area contributed by atoms with Crippen LogP contribution >= 0.6 is 0 Å². The van der Waals surface area contributed by atoms with Gasteiger partial charge in [0.15, 0.2) is 0 Å². The zero-order valence-corrected chi connectivity index (χ0v) is 32.6. The molecule has 14 nitrogen and oxygen atoms in total. The third-order valence-corrected chi connectivity index (χ3v) is 12.3. The third kappa shape index (κ3) is 7.51. The van der Waals surface area contributed by atoms with Gasteiger partial charge in [0, 0.05) is 60.8 Å². The number of H-pyrrole nitrogens is 1. The van der Waals surface area contributed by atoms with Crippen LogP contribution in [-0.2, 0) is 22.7 Å². The summed E-state index contributed by atoms with van der Waals surface area (Å²) < 4.78 is 1.98. The van der Waals surface area contributed by atoms with Crippen molar-refractivity contribution >= 4 is 51.9 Å². The minimum Gasteiger partial charge on any atom is -0.371 e. The molecule has 0 radical (unpaired) electrons. The van der Waals surface area contributed by atoms with Crippen LogP contribution in [0.1, 0.15) is 95.2 Å². The average molecular weight is 782 g/mol. The van der Waals surface area contributed by atoms with Gasteiger partial charge < -0.3 is 15.2 Å². The Morgan fingerprint density at radius 3 is 2.47 bits per heavy atom. The lowest BCUT2D eigenvalue weighted by molar-refractivity contribution is -0.136. The van der Waals surface area contributed by atoms with Crippen molar-refractivity contribution in [1.29, 1.82) is 0 Å². The zero-order chi connectivity index (χ0) is 39.9. The Labute approximate surface area is 336 Å². The number of piperidine rings is 2. The van der Waals surface area contributed by atoms with E-state index in [-0.39, 0.29) is 18.7 Å². The van der Waals surface area contributed by atoms with Gasteiger partial charge in [0.2, 0.25) is 11.8 Å². The Morgan fingerprint density at radius 2 is 1.69 bits per heavy atom. The van der Waals surface area contributed by atoms with Crippen LogP contribution < -0.4 is 15.5 Å². The molecule has 0 bridgehead atoms. The van der Waals surface area contributed by atoms with E-state index in [0.29, 0.717) is 28.7 Å². The highest BCUT2D eigenvalue weighted by Gasteiger charge is 2.44. The second-order valence-corrected chi connectivity index (χ2v) is 16.2. The molecule has 4 aliphatic heterocycles. The van der Waals surface area contributed by atoms with Crippen molar-refractivity contribution in [3.05, 3.63) is 95.6 Å². The Kier molecular flexibility index (Phi) is 10.1. The summed E-state index contributed by atoms with van der Waals surface area (Å²) in [6.07, 6.45) is 10.7. The molecule has 2 atom stereocenters. The Balaban J connectivity index is 0.732. The molecule has 3 N–H and O–H groups in total. The number of carbonyl (C=O) groups excluding carboxylic acids is 5. The van der Waals surface area contributed by atoms with Crippen LogP contribution in [0.2, 0.25) is 0 Å². The van der Waals surface area contributed by atoms with E-state index >= 15 is 0 Å². The number of nitrogens with zero attached hydrogens (tertiary/aromatic N) is 6. The molecule has 58 heavy (non-hydrogen) atoms. The Bertz CT molecular complexity index is 2410. The quantitative estimate of drug-likeness (QED) is 0.141. The first-order valence-corrected chi connectivity index (χ1v) is 20.4. The van der Waals surface area contributed by atoms with Gasteiger partial charge in [-0.3, -0.25) is 43.8 Å². The first kappa shape index (κ1) is 37.4. The number of rotatable bonds is 11. The summed E-state index contributed by atoms with van der Waals surface area (Å²) in [5.41, 5.74) is 6.59. The number of anilines is 2. The van der Waals surface area contributed by atoms with Crippen molar-refractivity contribution in [3.63, 3.8) is 0 Å². The van der Waals surface area contributed by atoms with Crippen LogP contribution in [0.5, 0.6) is 0 Å². The Morgan fingerprint density at radius 1 is 0.879 bits per heavy atom. The topological polar surface area (TPSA) is 166 Å². The summed E-state index contributed by atoms with van der Waals surface area (Å²) in [6.45, 7) is 6.67. The van der Waals surface area contributed by atoms with Gasteiger partial charge in [-0.1, -0.05) is 12.1 Å². The molecule has 0 spiro atoms. The van der Waals surface area contributed by atoms with Crippen molar-refractivity contribution in [3.8, 4) is 11.1 Å². The van der Waals surface area contributed by atoms with E-state index in [9.17, 15) is 24.0 Å². The predicted octanol–water partition coefficient (Wildman–Crippen LogP) is 5.76. The minimum atomic E-state index is -0.969. The minimum absolute atomic E-state index is 0.0939. The van der Waals surface area contributed by atoms with Gasteiger partial charge in [0.05, 0.1) is 34.9 Å². The molecular weight excluding hydrogens is 735 g/mol. The highest BCUT2D eigenvalue weighted by molar-refractivity contribution is 6.23. The van der Waals surface area contributed by atoms with Gasteiger partial charge in [-0.25, -0.2) is 4.98 Å². The largest absolute Gasteiger partial charge is 0.371 e. The van der Waals surface area contributed by atoms with E-state index < -0.39 is 29.7 Å². The van der Waals surface area contributed by atoms with Gasteiger partial charge >= 0.3 is 0 Å². The normalized spacial score (nSPS) is 20.3. The third-order valence-electron chi connectivity index (χ3n) is 12.3. The number of hydrogen-bond acceptors (Lipinski definition) is 9. The van der Waals surface area contributed by atoms with Crippen LogP contribution in [0.25, 0.3) is 22.2 Å². The second-order valence-electron chi connectivity index (χ2n) is 16.2. The van der Waals surface area contributed by atoms with E-state index in [4.69, 9.17) is 4.98 Å². The molecule has 3 saturated heterocycles. The number of fused-ring (bicyclic) bond motifs is 2. The van der Waals surface area contributed by atoms with E-state index in [2.05, 4.69) is 43.6 Å². The highest BCUT2D eigenvalue weighted by Crippen LogP contribution is 2.33. The number of imide groups is 2. The Hall–Kier alpha value is -6.15. The van der Waals surface area contributed by atoms with Crippen molar-refractivity contribution in [2.24, 2.45) is 5.92 Å². The fourth-order valence-electron chi connectivity index (χ4n) is 8.96. The number of carbonyl (C=O) groups is 5. The smallest absolute Gasteiger partial charge is 0.262 e. The maximum absolute atomic E-state index is 13.3. The number of aromatic nitrogens is 4. The molecule has 4 aliphatic rings. The zero-order valence-electron chi connectivity index (χ0n) is 32.6. The van der Waals surface area contributed by atoms with Gasteiger partial charge in [-0.05, 0) is 118 Å². The highest BCUT2D eigenvalue weighted by atomic mass is 16.2. The van der Waals surface area contributed by atoms with E-state index in [1.807, 2.05) is 59.4 Å². The average Bonchev–Trinajstić information content (AvgIpc) is 4.02.